The summed E-state index contributed by atoms with van der Waals surface area (Å²) < 4.78 is 0. The summed E-state index contributed by atoms with van der Waals surface area (Å²) in [6.07, 6.45) is 36.7. The van der Waals surface area contributed by atoms with Crippen LogP contribution in [-0.2, 0) is 0 Å². The van der Waals surface area contributed by atoms with Crippen molar-refractivity contribution in [2.45, 2.75) is 118 Å². The lowest BCUT2D eigenvalue weighted by Crippen LogP contribution is -2.08. The van der Waals surface area contributed by atoms with Crippen molar-refractivity contribution in [2.75, 3.05) is 0 Å². The van der Waals surface area contributed by atoms with Gasteiger partial charge in [-0.2, -0.15) is 0 Å². The molecule has 0 N–H and O–H groups in total. The van der Waals surface area contributed by atoms with E-state index in [-0.39, 0.29) is 0 Å². The predicted molar refractivity (Wildman–Crippen MR) is 131 cm³/mol. The molecule has 0 amide bonds. The quantitative estimate of drug-likeness (QED) is 0.153. The summed E-state index contributed by atoms with van der Waals surface area (Å²) in [5.74, 6) is 1.65. The second-order valence-electron chi connectivity index (χ2n) is 8.48. The van der Waals surface area contributed by atoms with Gasteiger partial charge >= 0.3 is 0 Å². The van der Waals surface area contributed by atoms with Crippen LogP contribution >= 0.6 is 0 Å². The molecule has 0 aliphatic heterocycles. The highest BCUT2D eigenvalue weighted by Crippen LogP contribution is 2.23. The fourth-order valence-corrected chi connectivity index (χ4v) is 3.40. The van der Waals surface area contributed by atoms with Crippen molar-refractivity contribution < 1.29 is 0 Å². The maximum atomic E-state index is 2.41. The van der Waals surface area contributed by atoms with E-state index >= 15 is 0 Å². The SMILES string of the molecule is CCCC/C=C/CC/C=C/CCC(CC/C=C/CC/C=C/CCCC)C(C)C. The monoisotopic (exact) mass is 386 g/mol. The highest BCUT2D eigenvalue weighted by atomic mass is 14.2. The Morgan fingerprint density at radius 1 is 0.464 bits per heavy atom. The Labute approximate surface area is 178 Å². The first-order chi connectivity index (χ1) is 13.7. The van der Waals surface area contributed by atoms with Crippen molar-refractivity contribution in [1.29, 1.82) is 0 Å². The summed E-state index contributed by atoms with van der Waals surface area (Å²) >= 11 is 0. The van der Waals surface area contributed by atoms with Crippen molar-refractivity contribution in [3.63, 3.8) is 0 Å². The number of hydrogen-bond donors (Lipinski definition) is 0. The van der Waals surface area contributed by atoms with E-state index in [4.69, 9.17) is 0 Å². The number of rotatable bonds is 19. The maximum Gasteiger partial charge on any atom is -0.0316 e. The van der Waals surface area contributed by atoms with E-state index in [1.807, 2.05) is 0 Å². The van der Waals surface area contributed by atoms with Crippen LogP contribution in [0.15, 0.2) is 48.6 Å². The summed E-state index contributed by atoms with van der Waals surface area (Å²) in [6.45, 7) is 9.29. The van der Waals surface area contributed by atoms with Crippen molar-refractivity contribution in [3.8, 4) is 0 Å². The van der Waals surface area contributed by atoms with Gasteiger partial charge in [0.15, 0.2) is 0 Å². The average Bonchev–Trinajstić information content (AvgIpc) is 2.68. The molecule has 0 nitrogen and oxygen atoms in total. The molecule has 0 fully saturated rings. The van der Waals surface area contributed by atoms with Crippen LogP contribution in [-0.4, -0.2) is 0 Å². The fraction of sp³-hybridized carbons (Fsp3) is 0.714. The fourth-order valence-electron chi connectivity index (χ4n) is 3.40. The number of allylic oxidation sites excluding steroid dienone is 8. The molecular weight excluding hydrogens is 336 g/mol. The zero-order valence-electron chi connectivity index (χ0n) is 19.7. The third-order valence-corrected chi connectivity index (χ3v) is 5.47. The van der Waals surface area contributed by atoms with E-state index in [1.54, 1.807) is 0 Å². The Morgan fingerprint density at radius 2 is 0.786 bits per heavy atom. The Bertz CT molecular complexity index is 372. The Hall–Kier alpha value is -1.04. The van der Waals surface area contributed by atoms with Crippen LogP contribution in [0.3, 0.4) is 0 Å². The minimum absolute atomic E-state index is 0.796. The maximum absolute atomic E-state index is 2.41. The molecule has 0 heteroatoms. The van der Waals surface area contributed by atoms with Gasteiger partial charge in [-0.3, -0.25) is 0 Å². The van der Waals surface area contributed by atoms with Crippen LogP contribution < -0.4 is 0 Å². The second kappa shape index (κ2) is 22.3. The van der Waals surface area contributed by atoms with Gasteiger partial charge in [-0.05, 0) is 76.0 Å². The summed E-state index contributed by atoms with van der Waals surface area (Å²) in [7, 11) is 0. The van der Waals surface area contributed by atoms with Crippen LogP contribution in [0.25, 0.3) is 0 Å². The van der Waals surface area contributed by atoms with Crippen LogP contribution in [0.5, 0.6) is 0 Å². The first-order valence-electron chi connectivity index (χ1n) is 12.3. The van der Waals surface area contributed by atoms with E-state index in [1.165, 1.54) is 89.9 Å². The third-order valence-electron chi connectivity index (χ3n) is 5.47. The van der Waals surface area contributed by atoms with E-state index in [0.29, 0.717) is 0 Å². The molecule has 0 aliphatic rings. The molecule has 162 valence electrons. The normalized spacial score (nSPS) is 12.9. The Kier molecular flexibility index (Phi) is 21.4. The zero-order chi connectivity index (χ0) is 20.7. The van der Waals surface area contributed by atoms with Gasteiger partial charge in [0.25, 0.3) is 0 Å². The molecule has 0 radical (unpaired) electrons. The lowest BCUT2D eigenvalue weighted by Gasteiger charge is -2.19. The first-order valence-corrected chi connectivity index (χ1v) is 12.3. The topological polar surface area (TPSA) is 0 Å². The molecule has 0 spiro atoms. The summed E-state index contributed by atoms with van der Waals surface area (Å²) in [5, 5.41) is 0. The summed E-state index contributed by atoms with van der Waals surface area (Å²) in [5.41, 5.74) is 0. The highest BCUT2D eigenvalue weighted by Gasteiger charge is 2.11. The van der Waals surface area contributed by atoms with Crippen LogP contribution in [0.2, 0.25) is 0 Å². The van der Waals surface area contributed by atoms with Gasteiger partial charge in [-0.15, -0.1) is 0 Å². The minimum Gasteiger partial charge on any atom is -0.0885 e. The van der Waals surface area contributed by atoms with Crippen LogP contribution in [0.1, 0.15) is 118 Å². The predicted octanol–water partition coefficient (Wildman–Crippen LogP) is 9.98. The smallest absolute Gasteiger partial charge is 0.0316 e. The third kappa shape index (κ3) is 19.7. The number of hydrogen-bond acceptors (Lipinski definition) is 0. The van der Waals surface area contributed by atoms with E-state index in [0.717, 1.165) is 11.8 Å². The van der Waals surface area contributed by atoms with E-state index in [9.17, 15) is 0 Å². The molecule has 0 unspecified atom stereocenters. The van der Waals surface area contributed by atoms with Gasteiger partial charge in [0.1, 0.15) is 0 Å². The van der Waals surface area contributed by atoms with Crippen molar-refractivity contribution >= 4 is 0 Å². The van der Waals surface area contributed by atoms with Crippen molar-refractivity contribution in [1.82, 2.24) is 0 Å². The van der Waals surface area contributed by atoms with Gasteiger partial charge in [-0.1, -0.05) is 102 Å². The molecule has 0 aliphatic carbocycles. The Morgan fingerprint density at radius 3 is 1.11 bits per heavy atom. The second-order valence-corrected chi connectivity index (χ2v) is 8.48. The van der Waals surface area contributed by atoms with Crippen molar-refractivity contribution in [2.24, 2.45) is 11.8 Å². The lowest BCUT2D eigenvalue weighted by atomic mass is 9.87. The summed E-state index contributed by atoms with van der Waals surface area (Å²) in [4.78, 5) is 0. The molecular formula is C28H50. The van der Waals surface area contributed by atoms with Gasteiger partial charge in [0.2, 0.25) is 0 Å². The highest BCUT2D eigenvalue weighted by molar-refractivity contribution is 4.90. The molecule has 0 saturated carbocycles. The standard InChI is InChI=1S/C28H50/c1-5-7-9-11-13-15-17-19-21-23-25-28(27(3)4)26-24-22-20-18-16-14-12-10-8-6-2/h11-14,19-22,27-28H,5-10,15-18,23-26H2,1-4H3/b13-11+,14-12+,21-19+,22-20+. The molecule has 28 heavy (non-hydrogen) atoms. The molecule has 0 aromatic carbocycles. The molecule has 0 saturated heterocycles. The van der Waals surface area contributed by atoms with Crippen LogP contribution in [0, 0.1) is 11.8 Å². The van der Waals surface area contributed by atoms with Gasteiger partial charge in [0.05, 0.1) is 0 Å². The minimum atomic E-state index is 0.796. The molecule has 0 aromatic rings. The average molecular weight is 387 g/mol. The molecule has 0 aromatic heterocycles. The first kappa shape index (κ1) is 27.0. The molecule has 0 atom stereocenters. The molecule has 0 heterocycles. The van der Waals surface area contributed by atoms with Crippen LogP contribution in [0.4, 0.5) is 0 Å². The molecule has 0 rings (SSSR count). The summed E-state index contributed by atoms with van der Waals surface area (Å²) in [6, 6.07) is 0. The van der Waals surface area contributed by atoms with E-state index in [2.05, 4.69) is 76.3 Å². The zero-order valence-corrected chi connectivity index (χ0v) is 19.7. The van der Waals surface area contributed by atoms with Gasteiger partial charge in [0, 0.05) is 0 Å². The van der Waals surface area contributed by atoms with Crippen molar-refractivity contribution in [3.05, 3.63) is 48.6 Å². The Balaban J connectivity index is 3.77. The van der Waals surface area contributed by atoms with Gasteiger partial charge < -0.3 is 0 Å². The lowest BCUT2D eigenvalue weighted by molar-refractivity contribution is 0.341. The molecule has 0 bridgehead atoms. The number of unbranched alkanes of at least 4 members (excludes halogenated alkanes) is 6. The van der Waals surface area contributed by atoms with Gasteiger partial charge in [-0.25, -0.2) is 0 Å². The van der Waals surface area contributed by atoms with E-state index < -0.39 is 0 Å². The largest absolute Gasteiger partial charge is 0.0885 e.